The van der Waals surface area contributed by atoms with Gasteiger partial charge in [-0.3, -0.25) is 9.59 Å². The summed E-state index contributed by atoms with van der Waals surface area (Å²) < 4.78 is 3.51. The molecule has 0 aliphatic rings. The van der Waals surface area contributed by atoms with Gasteiger partial charge in [0.05, 0.1) is 24.5 Å². The fourth-order valence-electron chi connectivity index (χ4n) is 5.36. The van der Waals surface area contributed by atoms with Crippen LogP contribution in [0.1, 0.15) is 22.3 Å². The van der Waals surface area contributed by atoms with E-state index in [0.29, 0.717) is 25.8 Å². The summed E-state index contributed by atoms with van der Waals surface area (Å²) in [7, 11) is 0. The molecule has 0 aliphatic carbocycles. The van der Waals surface area contributed by atoms with Crippen molar-refractivity contribution in [2.45, 2.75) is 42.4 Å². The minimum absolute atomic E-state index is 0.00733. The molecule has 0 spiro atoms. The third-order valence-electron chi connectivity index (χ3n) is 8.22. The van der Waals surface area contributed by atoms with Crippen molar-refractivity contribution in [3.8, 4) is 0 Å². The minimum Gasteiger partial charge on any atom is -0.289 e. The van der Waals surface area contributed by atoms with Crippen LogP contribution in [0.25, 0.3) is 40.3 Å². The Morgan fingerprint density at radius 1 is 0.529 bits per heavy atom. The molecule has 8 aromatic rings. The Labute approximate surface area is 329 Å². The van der Waals surface area contributed by atoms with Crippen LogP contribution >= 0.6 is 81.9 Å². The average Bonchev–Trinajstić information content (AvgIpc) is 3.12. The summed E-state index contributed by atoms with van der Waals surface area (Å²) >= 11 is 27.8. The van der Waals surface area contributed by atoms with Crippen LogP contribution in [0.4, 0.5) is 0 Å². The molecule has 51 heavy (non-hydrogen) atoms. The van der Waals surface area contributed by atoms with Gasteiger partial charge in [-0.25, -0.2) is 0 Å². The SMILES string of the molecule is Cc1ccc(C)c(S)c1.Cc1ccc(C)c(Sc2ccc3c(=O)c4ccccc4sc3c2Cl)c1.O=c1c2ccccc2sc2c(Cl)c(Cl)ccc12. The van der Waals surface area contributed by atoms with Crippen molar-refractivity contribution >= 4 is 122 Å². The summed E-state index contributed by atoms with van der Waals surface area (Å²) in [5.41, 5.74) is 5.01. The fraction of sp³-hybridized carbons (Fsp3) is 0.0952. The van der Waals surface area contributed by atoms with Crippen LogP contribution in [0.15, 0.2) is 133 Å². The molecule has 9 heteroatoms. The third kappa shape index (κ3) is 8.18. The number of benzene rings is 6. The van der Waals surface area contributed by atoms with Crippen LogP contribution in [0.3, 0.4) is 0 Å². The van der Waals surface area contributed by atoms with Crippen molar-refractivity contribution in [2.24, 2.45) is 0 Å². The minimum atomic E-state index is 0.00733. The van der Waals surface area contributed by atoms with E-state index in [1.165, 1.54) is 38.5 Å². The quantitative estimate of drug-likeness (QED) is 0.140. The van der Waals surface area contributed by atoms with E-state index in [9.17, 15) is 9.59 Å². The van der Waals surface area contributed by atoms with E-state index in [-0.39, 0.29) is 10.9 Å². The Morgan fingerprint density at radius 3 is 1.61 bits per heavy atom. The van der Waals surface area contributed by atoms with Gasteiger partial charge in [0.2, 0.25) is 0 Å². The standard InChI is InChI=1S/C21H15ClOS2.C13H6Cl2OS.C8H10S/c1-12-7-8-13(2)18(11-12)24-17-10-9-15-20(23)14-5-3-4-6-16(14)25-21(15)19(17)22;14-9-6-5-8-12(16)7-3-1-2-4-10(7)17-13(8)11(9)15;1-6-3-4-7(2)8(9)5-6/h3-11H,1-2H3;1-6H;3-5,9H,1-2H3. The highest BCUT2D eigenvalue weighted by Crippen LogP contribution is 2.41. The maximum absolute atomic E-state index is 12.7. The van der Waals surface area contributed by atoms with Crippen LogP contribution < -0.4 is 10.9 Å². The van der Waals surface area contributed by atoms with E-state index in [4.69, 9.17) is 34.8 Å². The van der Waals surface area contributed by atoms with E-state index in [2.05, 4.69) is 76.7 Å². The smallest absolute Gasteiger partial charge is 0.195 e. The summed E-state index contributed by atoms with van der Waals surface area (Å²) in [6.07, 6.45) is 0. The maximum atomic E-state index is 12.7. The summed E-state index contributed by atoms with van der Waals surface area (Å²) in [6, 6.07) is 35.1. The molecule has 0 N–H and O–H groups in total. The zero-order valence-corrected chi connectivity index (χ0v) is 33.6. The van der Waals surface area contributed by atoms with Gasteiger partial charge in [-0.1, -0.05) is 101 Å². The Balaban J connectivity index is 0.000000148. The number of hydrogen-bond acceptors (Lipinski definition) is 6. The van der Waals surface area contributed by atoms with Gasteiger partial charge >= 0.3 is 0 Å². The first-order valence-electron chi connectivity index (χ1n) is 15.9. The Hall–Kier alpha value is -3.33. The summed E-state index contributed by atoms with van der Waals surface area (Å²) in [5.74, 6) is 0. The number of halogens is 3. The lowest BCUT2D eigenvalue weighted by Gasteiger charge is -2.10. The molecule has 0 fully saturated rings. The molecule has 0 saturated carbocycles. The molecule has 0 atom stereocenters. The molecule has 0 aliphatic heterocycles. The van der Waals surface area contributed by atoms with Gasteiger partial charge in [0.15, 0.2) is 10.9 Å². The highest BCUT2D eigenvalue weighted by atomic mass is 35.5. The first-order chi connectivity index (χ1) is 24.4. The van der Waals surface area contributed by atoms with Gasteiger partial charge in [0, 0.05) is 45.6 Å². The van der Waals surface area contributed by atoms with Crippen molar-refractivity contribution < 1.29 is 0 Å². The van der Waals surface area contributed by atoms with Crippen LogP contribution in [0.2, 0.25) is 15.1 Å². The fourth-order valence-corrected chi connectivity index (χ4v) is 9.84. The average molecular weight is 802 g/mol. The first-order valence-corrected chi connectivity index (χ1v) is 19.9. The molecule has 6 aromatic carbocycles. The van der Waals surface area contributed by atoms with E-state index >= 15 is 0 Å². The van der Waals surface area contributed by atoms with E-state index in [1.54, 1.807) is 35.2 Å². The van der Waals surface area contributed by atoms with Gasteiger partial charge in [-0.05, 0) is 105 Å². The highest BCUT2D eigenvalue weighted by molar-refractivity contribution is 7.99. The first kappa shape index (κ1) is 37.4. The van der Waals surface area contributed by atoms with Gasteiger partial charge in [0.1, 0.15) is 0 Å². The molecular formula is C42H31Cl3O2S4. The van der Waals surface area contributed by atoms with Crippen LogP contribution in [0, 0.1) is 27.7 Å². The molecule has 2 nitrogen and oxygen atoms in total. The zero-order chi connectivity index (χ0) is 36.4. The number of fused-ring (bicyclic) bond motifs is 4. The predicted molar refractivity (Wildman–Crippen MR) is 229 cm³/mol. The van der Waals surface area contributed by atoms with Crippen LogP contribution in [-0.2, 0) is 0 Å². The normalized spacial score (nSPS) is 11.0. The van der Waals surface area contributed by atoms with E-state index in [0.717, 1.165) is 39.4 Å². The Morgan fingerprint density at radius 2 is 1.04 bits per heavy atom. The molecule has 8 rings (SSSR count). The molecule has 0 radical (unpaired) electrons. The lowest BCUT2D eigenvalue weighted by atomic mass is 10.2. The number of hydrogen-bond donors (Lipinski definition) is 1. The van der Waals surface area contributed by atoms with Crippen molar-refractivity contribution in [3.63, 3.8) is 0 Å². The van der Waals surface area contributed by atoms with Crippen LogP contribution in [-0.4, -0.2) is 0 Å². The van der Waals surface area contributed by atoms with E-state index < -0.39 is 0 Å². The molecule has 0 amide bonds. The largest absolute Gasteiger partial charge is 0.289 e. The number of aryl methyl sites for hydroxylation is 4. The van der Waals surface area contributed by atoms with Crippen molar-refractivity contribution in [1.82, 2.24) is 0 Å². The monoisotopic (exact) mass is 800 g/mol. The molecule has 0 unspecified atom stereocenters. The molecular weight excluding hydrogens is 771 g/mol. The predicted octanol–water partition coefficient (Wildman–Crippen LogP) is 14.1. The summed E-state index contributed by atoms with van der Waals surface area (Å²) in [5, 5.41) is 4.40. The zero-order valence-electron chi connectivity index (χ0n) is 28.0. The van der Waals surface area contributed by atoms with Gasteiger partial charge in [0.25, 0.3) is 0 Å². The Kier molecular flexibility index (Phi) is 11.8. The van der Waals surface area contributed by atoms with Gasteiger partial charge < -0.3 is 0 Å². The molecule has 2 aromatic heterocycles. The van der Waals surface area contributed by atoms with Crippen LogP contribution in [0.5, 0.6) is 0 Å². The molecule has 2 heterocycles. The molecule has 0 saturated heterocycles. The lowest BCUT2D eigenvalue weighted by Crippen LogP contribution is -2.01. The van der Waals surface area contributed by atoms with Crippen molar-refractivity contribution in [2.75, 3.05) is 0 Å². The number of thiol groups is 1. The second kappa shape index (κ2) is 16.1. The molecule has 0 bridgehead atoms. The Bertz CT molecular complexity index is 2720. The van der Waals surface area contributed by atoms with E-state index in [1.807, 2.05) is 60.7 Å². The van der Waals surface area contributed by atoms with Crippen molar-refractivity contribution in [3.05, 3.63) is 167 Å². The lowest BCUT2D eigenvalue weighted by molar-refractivity contribution is 1.26. The van der Waals surface area contributed by atoms with Crippen molar-refractivity contribution in [1.29, 1.82) is 0 Å². The molecule has 256 valence electrons. The topological polar surface area (TPSA) is 34.1 Å². The summed E-state index contributed by atoms with van der Waals surface area (Å²) in [6.45, 7) is 8.31. The summed E-state index contributed by atoms with van der Waals surface area (Å²) in [4.78, 5) is 28.3. The number of rotatable bonds is 2. The highest BCUT2D eigenvalue weighted by Gasteiger charge is 2.14. The second-order valence-electron chi connectivity index (χ2n) is 12.0. The third-order valence-corrected chi connectivity index (χ3v) is 13.9. The maximum Gasteiger partial charge on any atom is 0.195 e. The second-order valence-corrected chi connectivity index (χ2v) is 16.8. The van der Waals surface area contributed by atoms with Gasteiger partial charge in [-0.2, -0.15) is 0 Å². The van der Waals surface area contributed by atoms with Gasteiger partial charge in [-0.15, -0.1) is 35.3 Å².